The van der Waals surface area contributed by atoms with Crippen LogP contribution in [-0.4, -0.2) is 19.1 Å². The quantitative estimate of drug-likeness (QED) is 0.719. The van der Waals surface area contributed by atoms with E-state index in [4.69, 9.17) is 27.9 Å². The maximum Gasteiger partial charge on any atom is 0.220 e. The normalized spacial score (nSPS) is 10.5. The molecule has 0 aliphatic heterocycles. The molecule has 0 bridgehead atoms. The third-order valence-corrected chi connectivity index (χ3v) is 4.46. The van der Waals surface area contributed by atoms with E-state index in [0.29, 0.717) is 36.0 Å². The smallest absolute Gasteiger partial charge is 0.220 e. The molecule has 0 unspecified atom stereocenters. The summed E-state index contributed by atoms with van der Waals surface area (Å²) in [4.78, 5) is 11.9. The van der Waals surface area contributed by atoms with Gasteiger partial charge in [-0.05, 0) is 55.2 Å². The van der Waals surface area contributed by atoms with Crippen LogP contribution in [0.15, 0.2) is 36.4 Å². The average molecular weight is 366 g/mol. The van der Waals surface area contributed by atoms with Crippen molar-refractivity contribution in [1.29, 1.82) is 0 Å². The van der Waals surface area contributed by atoms with E-state index in [2.05, 4.69) is 5.32 Å². The maximum atomic E-state index is 11.9. The molecule has 0 aliphatic rings. The highest BCUT2D eigenvalue weighted by atomic mass is 35.5. The first-order valence-electron chi connectivity index (χ1n) is 7.87. The Labute approximate surface area is 152 Å². The van der Waals surface area contributed by atoms with Gasteiger partial charge in [0.15, 0.2) is 0 Å². The zero-order chi connectivity index (χ0) is 17.5. The minimum absolute atomic E-state index is 0.0226. The Morgan fingerprint density at radius 3 is 2.71 bits per heavy atom. The largest absolute Gasteiger partial charge is 0.491 e. The number of carbonyl (C=O) groups is 1. The van der Waals surface area contributed by atoms with Crippen molar-refractivity contribution in [3.05, 3.63) is 63.1 Å². The average Bonchev–Trinajstić information content (AvgIpc) is 2.54. The van der Waals surface area contributed by atoms with Crippen LogP contribution in [0.3, 0.4) is 0 Å². The SMILES string of the molecule is Cc1cccc(OCCNC(=O)CCc2ccc(Cl)cc2Cl)c1C. The van der Waals surface area contributed by atoms with Gasteiger partial charge >= 0.3 is 0 Å². The molecular weight excluding hydrogens is 345 g/mol. The number of hydrogen-bond donors (Lipinski definition) is 1. The van der Waals surface area contributed by atoms with Crippen LogP contribution in [-0.2, 0) is 11.2 Å². The highest BCUT2D eigenvalue weighted by Gasteiger charge is 2.06. The second-order valence-electron chi connectivity index (χ2n) is 5.63. The van der Waals surface area contributed by atoms with Crippen LogP contribution in [0.5, 0.6) is 5.75 Å². The molecule has 0 spiro atoms. The summed E-state index contributed by atoms with van der Waals surface area (Å²) in [6, 6.07) is 11.3. The van der Waals surface area contributed by atoms with Crippen LogP contribution in [0.1, 0.15) is 23.1 Å². The van der Waals surface area contributed by atoms with Crippen molar-refractivity contribution >= 4 is 29.1 Å². The van der Waals surface area contributed by atoms with Gasteiger partial charge in [0.2, 0.25) is 5.91 Å². The highest BCUT2D eigenvalue weighted by Crippen LogP contribution is 2.22. The molecule has 1 amide bonds. The molecule has 0 aliphatic carbocycles. The molecule has 0 fully saturated rings. The van der Waals surface area contributed by atoms with Crippen LogP contribution < -0.4 is 10.1 Å². The van der Waals surface area contributed by atoms with E-state index in [-0.39, 0.29) is 5.91 Å². The Balaban J connectivity index is 1.71. The lowest BCUT2D eigenvalue weighted by molar-refractivity contribution is -0.121. The van der Waals surface area contributed by atoms with E-state index < -0.39 is 0 Å². The van der Waals surface area contributed by atoms with Gasteiger partial charge in [-0.3, -0.25) is 4.79 Å². The summed E-state index contributed by atoms with van der Waals surface area (Å²) in [7, 11) is 0. The number of amides is 1. The van der Waals surface area contributed by atoms with E-state index >= 15 is 0 Å². The Morgan fingerprint density at radius 2 is 1.96 bits per heavy atom. The summed E-state index contributed by atoms with van der Waals surface area (Å²) in [6.45, 7) is 4.99. The molecule has 0 aromatic heterocycles. The van der Waals surface area contributed by atoms with Crippen LogP contribution in [0.4, 0.5) is 0 Å². The number of benzene rings is 2. The van der Waals surface area contributed by atoms with E-state index in [1.165, 1.54) is 5.56 Å². The molecule has 5 heteroatoms. The number of aryl methyl sites for hydroxylation is 2. The first-order valence-corrected chi connectivity index (χ1v) is 8.62. The van der Waals surface area contributed by atoms with Crippen LogP contribution in [0.25, 0.3) is 0 Å². The first kappa shape index (κ1) is 18.6. The van der Waals surface area contributed by atoms with Gasteiger partial charge in [0.1, 0.15) is 12.4 Å². The lowest BCUT2D eigenvalue weighted by atomic mass is 10.1. The van der Waals surface area contributed by atoms with Gasteiger partial charge in [-0.15, -0.1) is 0 Å². The number of nitrogens with one attached hydrogen (secondary N) is 1. The molecule has 2 aromatic carbocycles. The van der Waals surface area contributed by atoms with Gasteiger partial charge in [0.05, 0.1) is 6.54 Å². The van der Waals surface area contributed by atoms with Gasteiger partial charge in [-0.1, -0.05) is 41.4 Å². The van der Waals surface area contributed by atoms with Crippen molar-refractivity contribution in [3.8, 4) is 5.75 Å². The molecule has 0 saturated carbocycles. The second-order valence-corrected chi connectivity index (χ2v) is 6.48. The number of halogens is 2. The van der Waals surface area contributed by atoms with Crippen molar-refractivity contribution in [2.45, 2.75) is 26.7 Å². The summed E-state index contributed by atoms with van der Waals surface area (Å²) in [5.74, 6) is 0.836. The molecule has 0 radical (unpaired) electrons. The standard InChI is InChI=1S/C19H21Cl2NO2/c1-13-4-3-5-18(14(13)2)24-11-10-22-19(23)9-7-15-6-8-16(20)12-17(15)21/h3-6,8,12H,7,9-11H2,1-2H3,(H,22,23). The Kier molecular flexibility index (Phi) is 6.95. The maximum absolute atomic E-state index is 11.9. The summed E-state index contributed by atoms with van der Waals surface area (Å²) in [5, 5.41) is 4.04. The van der Waals surface area contributed by atoms with Gasteiger partial charge in [0.25, 0.3) is 0 Å². The van der Waals surface area contributed by atoms with E-state index in [0.717, 1.165) is 16.9 Å². The number of ether oxygens (including phenoxy) is 1. The van der Waals surface area contributed by atoms with Crippen molar-refractivity contribution in [2.75, 3.05) is 13.2 Å². The van der Waals surface area contributed by atoms with E-state index in [1.807, 2.05) is 38.1 Å². The first-order chi connectivity index (χ1) is 11.5. The predicted octanol–water partition coefficient (Wildman–Crippen LogP) is 4.74. The lowest BCUT2D eigenvalue weighted by Gasteiger charge is -2.11. The summed E-state index contributed by atoms with van der Waals surface area (Å²) in [6.07, 6.45) is 0.963. The van der Waals surface area contributed by atoms with E-state index in [1.54, 1.807) is 12.1 Å². The van der Waals surface area contributed by atoms with E-state index in [9.17, 15) is 4.79 Å². The van der Waals surface area contributed by atoms with Crippen LogP contribution >= 0.6 is 23.2 Å². The highest BCUT2D eigenvalue weighted by molar-refractivity contribution is 6.35. The fourth-order valence-corrected chi connectivity index (χ4v) is 2.80. The van der Waals surface area contributed by atoms with Gasteiger partial charge in [-0.25, -0.2) is 0 Å². The Bertz CT molecular complexity index is 717. The van der Waals surface area contributed by atoms with Gasteiger partial charge < -0.3 is 10.1 Å². The summed E-state index contributed by atoms with van der Waals surface area (Å²) >= 11 is 12.0. The van der Waals surface area contributed by atoms with Gasteiger partial charge in [-0.2, -0.15) is 0 Å². The molecule has 3 nitrogen and oxygen atoms in total. The summed E-state index contributed by atoms with van der Waals surface area (Å²) in [5.41, 5.74) is 3.24. The van der Waals surface area contributed by atoms with Crippen LogP contribution in [0.2, 0.25) is 10.0 Å². The fourth-order valence-electron chi connectivity index (χ4n) is 2.29. The number of rotatable bonds is 7. The molecule has 2 aromatic rings. The van der Waals surface area contributed by atoms with Crippen molar-refractivity contribution in [3.63, 3.8) is 0 Å². The molecule has 24 heavy (non-hydrogen) atoms. The Hall–Kier alpha value is -1.71. The molecule has 1 N–H and O–H groups in total. The molecule has 0 atom stereocenters. The van der Waals surface area contributed by atoms with Crippen LogP contribution in [0, 0.1) is 13.8 Å². The molecule has 0 heterocycles. The zero-order valence-corrected chi connectivity index (χ0v) is 15.4. The molecule has 0 saturated heterocycles. The summed E-state index contributed by atoms with van der Waals surface area (Å²) < 4.78 is 5.71. The third kappa shape index (κ3) is 5.43. The predicted molar refractivity (Wildman–Crippen MR) is 99.2 cm³/mol. The lowest BCUT2D eigenvalue weighted by Crippen LogP contribution is -2.28. The zero-order valence-electron chi connectivity index (χ0n) is 13.9. The Morgan fingerprint density at radius 1 is 1.17 bits per heavy atom. The minimum Gasteiger partial charge on any atom is -0.491 e. The molecule has 128 valence electrons. The fraction of sp³-hybridized carbons (Fsp3) is 0.316. The monoisotopic (exact) mass is 365 g/mol. The second kappa shape index (κ2) is 8.95. The molecular formula is C19H21Cl2NO2. The minimum atomic E-state index is -0.0226. The molecule has 2 rings (SSSR count). The number of carbonyl (C=O) groups excluding carboxylic acids is 1. The van der Waals surface area contributed by atoms with Crippen molar-refractivity contribution in [2.24, 2.45) is 0 Å². The van der Waals surface area contributed by atoms with Crippen molar-refractivity contribution < 1.29 is 9.53 Å². The third-order valence-electron chi connectivity index (χ3n) is 3.87. The topological polar surface area (TPSA) is 38.3 Å². The number of hydrogen-bond acceptors (Lipinski definition) is 2. The van der Waals surface area contributed by atoms with Gasteiger partial charge in [0, 0.05) is 16.5 Å². The van der Waals surface area contributed by atoms with Crippen molar-refractivity contribution in [1.82, 2.24) is 5.32 Å².